The average Bonchev–Trinajstić information content (AvgIpc) is 2.71. The van der Waals surface area contributed by atoms with E-state index in [0.29, 0.717) is 12.1 Å². The molecule has 112 valence electrons. The number of hydrogen-bond donors (Lipinski definition) is 2. The quantitative estimate of drug-likeness (QED) is 0.834. The van der Waals surface area contributed by atoms with E-state index in [1.807, 2.05) is 19.1 Å². The molecule has 1 atom stereocenters. The predicted octanol–water partition coefficient (Wildman–Crippen LogP) is 0.412. The van der Waals surface area contributed by atoms with Gasteiger partial charge >= 0.3 is 11.7 Å². The van der Waals surface area contributed by atoms with Crippen molar-refractivity contribution in [3.63, 3.8) is 0 Å². The molecule has 7 nitrogen and oxygen atoms in total. The van der Waals surface area contributed by atoms with E-state index in [1.54, 1.807) is 16.7 Å². The fourth-order valence-corrected chi connectivity index (χ4v) is 2.22. The van der Waals surface area contributed by atoms with E-state index in [9.17, 15) is 14.4 Å². The highest BCUT2D eigenvalue weighted by atomic mass is 16.4. The van der Waals surface area contributed by atoms with Gasteiger partial charge in [0.2, 0.25) is 5.91 Å². The van der Waals surface area contributed by atoms with E-state index in [1.165, 1.54) is 11.5 Å². The third kappa shape index (κ3) is 2.81. The lowest BCUT2D eigenvalue weighted by Gasteiger charge is -2.09. The summed E-state index contributed by atoms with van der Waals surface area (Å²) >= 11 is 0. The lowest BCUT2D eigenvalue weighted by molar-refractivity contribution is -0.141. The van der Waals surface area contributed by atoms with Crippen LogP contribution in [0.4, 0.5) is 0 Å². The zero-order valence-electron chi connectivity index (χ0n) is 11.9. The Kier molecular flexibility index (Phi) is 4.11. The molecule has 0 aliphatic heterocycles. The fraction of sp³-hybridized carbons (Fsp3) is 0.357. The SMILES string of the molecule is CCn1c(=O)n(CC(=O)N[C@@H](C)C(=O)O)c2ccccc21. The maximum atomic E-state index is 12.3. The first-order chi connectivity index (χ1) is 9.95. The van der Waals surface area contributed by atoms with Crippen LogP contribution >= 0.6 is 0 Å². The molecule has 7 heteroatoms. The van der Waals surface area contributed by atoms with Crippen LogP contribution in [-0.2, 0) is 22.7 Å². The van der Waals surface area contributed by atoms with Gasteiger partial charge in [-0.2, -0.15) is 0 Å². The third-order valence-corrected chi connectivity index (χ3v) is 3.29. The summed E-state index contributed by atoms with van der Waals surface area (Å²) in [5.74, 6) is -1.63. The van der Waals surface area contributed by atoms with Crippen molar-refractivity contribution in [1.82, 2.24) is 14.5 Å². The van der Waals surface area contributed by atoms with Gasteiger partial charge < -0.3 is 10.4 Å². The van der Waals surface area contributed by atoms with Gasteiger partial charge in [-0.25, -0.2) is 4.79 Å². The molecular weight excluding hydrogens is 274 g/mol. The molecule has 0 saturated carbocycles. The summed E-state index contributed by atoms with van der Waals surface area (Å²) < 4.78 is 2.92. The van der Waals surface area contributed by atoms with Crippen molar-refractivity contribution in [3.05, 3.63) is 34.7 Å². The van der Waals surface area contributed by atoms with E-state index in [-0.39, 0.29) is 12.2 Å². The molecule has 0 bridgehead atoms. The van der Waals surface area contributed by atoms with Crippen LogP contribution in [0.3, 0.4) is 0 Å². The molecule has 0 aliphatic carbocycles. The van der Waals surface area contributed by atoms with Gasteiger partial charge in [-0.3, -0.25) is 18.7 Å². The van der Waals surface area contributed by atoms with Gasteiger partial charge in [0, 0.05) is 6.54 Å². The largest absolute Gasteiger partial charge is 0.480 e. The van der Waals surface area contributed by atoms with Gasteiger partial charge in [-0.1, -0.05) is 12.1 Å². The smallest absolute Gasteiger partial charge is 0.329 e. The van der Waals surface area contributed by atoms with Gasteiger partial charge in [0.05, 0.1) is 11.0 Å². The van der Waals surface area contributed by atoms with Crippen LogP contribution in [0.25, 0.3) is 11.0 Å². The lowest BCUT2D eigenvalue weighted by atomic mass is 10.3. The summed E-state index contributed by atoms with van der Waals surface area (Å²) in [5, 5.41) is 11.1. The zero-order chi connectivity index (χ0) is 15.6. The highest BCUT2D eigenvalue weighted by Crippen LogP contribution is 2.12. The molecule has 2 N–H and O–H groups in total. The molecule has 0 spiro atoms. The highest BCUT2D eigenvalue weighted by molar-refractivity contribution is 5.84. The normalized spacial score (nSPS) is 12.3. The molecule has 1 amide bonds. The monoisotopic (exact) mass is 291 g/mol. The summed E-state index contributed by atoms with van der Waals surface area (Å²) in [4.78, 5) is 34.9. The Labute approximate surface area is 120 Å². The maximum absolute atomic E-state index is 12.3. The number of amides is 1. The number of carbonyl (C=O) groups is 2. The number of nitrogens with zero attached hydrogens (tertiary/aromatic N) is 2. The molecule has 0 unspecified atom stereocenters. The number of benzene rings is 1. The van der Waals surface area contributed by atoms with Crippen LogP contribution < -0.4 is 11.0 Å². The third-order valence-electron chi connectivity index (χ3n) is 3.29. The van der Waals surface area contributed by atoms with Crippen molar-refractivity contribution in [2.24, 2.45) is 0 Å². The predicted molar refractivity (Wildman–Crippen MR) is 77.1 cm³/mol. The van der Waals surface area contributed by atoms with Crippen LogP contribution in [0.2, 0.25) is 0 Å². The van der Waals surface area contributed by atoms with E-state index >= 15 is 0 Å². The topological polar surface area (TPSA) is 93.3 Å². The zero-order valence-corrected chi connectivity index (χ0v) is 11.9. The molecule has 1 aromatic carbocycles. The summed E-state index contributed by atoms with van der Waals surface area (Å²) in [7, 11) is 0. The number of para-hydroxylation sites is 2. The summed E-state index contributed by atoms with van der Waals surface area (Å²) in [6.07, 6.45) is 0. The van der Waals surface area contributed by atoms with E-state index in [4.69, 9.17) is 5.11 Å². The van der Waals surface area contributed by atoms with Crippen LogP contribution in [0, 0.1) is 0 Å². The first kappa shape index (κ1) is 14.8. The van der Waals surface area contributed by atoms with Crippen LogP contribution in [-0.4, -0.2) is 32.2 Å². The Morgan fingerprint density at radius 1 is 1.24 bits per heavy atom. The standard InChI is InChI=1S/C14H17N3O4/c1-3-16-10-6-4-5-7-11(10)17(14(16)21)8-12(18)15-9(2)13(19)20/h4-7,9H,3,8H2,1-2H3,(H,15,18)(H,19,20)/t9-/m0/s1. The minimum atomic E-state index is -1.12. The number of rotatable bonds is 5. The molecule has 0 aliphatic rings. The van der Waals surface area contributed by atoms with Crippen LogP contribution in [0.5, 0.6) is 0 Å². The van der Waals surface area contributed by atoms with Crippen molar-refractivity contribution in [2.45, 2.75) is 33.0 Å². The fourth-order valence-electron chi connectivity index (χ4n) is 2.22. The van der Waals surface area contributed by atoms with Gasteiger partial charge in [0.15, 0.2) is 0 Å². The van der Waals surface area contributed by atoms with Crippen molar-refractivity contribution >= 4 is 22.9 Å². The second-order valence-corrected chi connectivity index (χ2v) is 4.73. The van der Waals surface area contributed by atoms with E-state index in [2.05, 4.69) is 5.32 Å². The molecule has 0 fully saturated rings. The molecule has 0 radical (unpaired) electrons. The highest BCUT2D eigenvalue weighted by Gasteiger charge is 2.17. The maximum Gasteiger partial charge on any atom is 0.329 e. The number of hydrogen-bond acceptors (Lipinski definition) is 3. The van der Waals surface area contributed by atoms with E-state index in [0.717, 1.165) is 5.52 Å². The number of imidazole rings is 1. The number of aliphatic carboxylic acids is 1. The second kappa shape index (κ2) is 5.82. The molecule has 1 heterocycles. The summed E-state index contributed by atoms with van der Waals surface area (Å²) in [6, 6.07) is 6.19. The Hall–Kier alpha value is -2.57. The van der Waals surface area contributed by atoms with Crippen LogP contribution in [0.1, 0.15) is 13.8 Å². The minimum absolute atomic E-state index is 0.204. The number of fused-ring (bicyclic) bond motifs is 1. The molecule has 1 aromatic heterocycles. The average molecular weight is 291 g/mol. The lowest BCUT2D eigenvalue weighted by Crippen LogP contribution is -2.41. The Morgan fingerprint density at radius 3 is 2.33 bits per heavy atom. The summed E-state index contributed by atoms with van der Waals surface area (Å²) in [5.41, 5.74) is 1.13. The number of aryl methyl sites for hydroxylation is 1. The van der Waals surface area contributed by atoms with Crippen molar-refractivity contribution in [1.29, 1.82) is 0 Å². The Morgan fingerprint density at radius 2 is 1.81 bits per heavy atom. The van der Waals surface area contributed by atoms with Gasteiger partial charge in [0.25, 0.3) is 0 Å². The first-order valence-corrected chi connectivity index (χ1v) is 6.66. The number of carbonyl (C=O) groups excluding carboxylic acids is 1. The van der Waals surface area contributed by atoms with Gasteiger partial charge in [0.1, 0.15) is 12.6 Å². The van der Waals surface area contributed by atoms with Crippen molar-refractivity contribution in [3.8, 4) is 0 Å². The molecule has 0 saturated heterocycles. The van der Waals surface area contributed by atoms with Gasteiger partial charge in [-0.05, 0) is 26.0 Å². The van der Waals surface area contributed by atoms with Crippen molar-refractivity contribution < 1.29 is 14.7 Å². The first-order valence-electron chi connectivity index (χ1n) is 6.66. The minimum Gasteiger partial charge on any atom is -0.480 e. The number of aromatic nitrogens is 2. The molecule has 2 aromatic rings. The second-order valence-electron chi connectivity index (χ2n) is 4.73. The Balaban J connectivity index is 2.35. The van der Waals surface area contributed by atoms with Crippen molar-refractivity contribution in [2.75, 3.05) is 0 Å². The van der Waals surface area contributed by atoms with E-state index < -0.39 is 17.9 Å². The number of nitrogens with one attached hydrogen (secondary N) is 1. The van der Waals surface area contributed by atoms with Crippen LogP contribution in [0.15, 0.2) is 29.1 Å². The Bertz CT molecular complexity index is 744. The number of carboxylic acid groups (broad SMARTS) is 1. The number of carboxylic acids is 1. The molecular formula is C14H17N3O4. The molecule has 2 rings (SSSR count). The summed E-state index contributed by atoms with van der Waals surface area (Å²) in [6.45, 7) is 3.52. The molecule has 21 heavy (non-hydrogen) atoms. The van der Waals surface area contributed by atoms with Gasteiger partial charge in [-0.15, -0.1) is 0 Å².